The molecule has 6 rings (SSSR count). The third-order valence-corrected chi connectivity index (χ3v) is 9.67. The number of aromatic nitrogens is 2. The number of benzene rings is 1. The minimum absolute atomic E-state index is 0.0946. The summed E-state index contributed by atoms with van der Waals surface area (Å²) < 4.78 is 60.4. The maximum absolute atomic E-state index is 14.2. The molecule has 32 heavy (non-hydrogen) atoms. The van der Waals surface area contributed by atoms with Crippen molar-refractivity contribution in [3.63, 3.8) is 0 Å². The van der Waals surface area contributed by atoms with Crippen LogP contribution in [0.5, 0.6) is 0 Å². The lowest BCUT2D eigenvalue weighted by Gasteiger charge is -2.39. The summed E-state index contributed by atoms with van der Waals surface area (Å²) in [5.41, 5.74) is 8.41. The molecule has 2 aromatic rings. The summed E-state index contributed by atoms with van der Waals surface area (Å²) in [5, 5.41) is 3.96. The first kappa shape index (κ1) is 20.7. The van der Waals surface area contributed by atoms with Gasteiger partial charge in [-0.1, -0.05) is 0 Å². The minimum Gasteiger partial charge on any atom is -0.370 e. The van der Waals surface area contributed by atoms with E-state index < -0.39 is 33.8 Å². The molecular weight excluding hydrogens is 438 g/mol. The number of halogens is 2. The van der Waals surface area contributed by atoms with Crippen LogP contribution in [0, 0.1) is 17.6 Å². The molecule has 3 fully saturated rings. The number of nitrogens with zero attached hydrogens (tertiary/aromatic N) is 3. The third kappa shape index (κ3) is 3.22. The first-order valence-corrected chi connectivity index (χ1v) is 12.7. The zero-order valence-electron chi connectivity index (χ0n) is 17.5. The molecule has 3 heterocycles. The van der Waals surface area contributed by atoms with Gasteiger partial charge in [-0.2, -0.15) is 9.19 Å². The Labute approximate surface area is 185 Å². The van der Waals surface area contributed by atoms with Crippen LogP contribution in [0.4, 0.5) is 8.78 Å². The second-order valence-corrected chi connectivity index (χ2v) is 11.7. The zero-order valence-corrected chi connectivity index (χ0v) is 18.3. The first-order valence-electron chi connectivity index (χ1n) is 11.2. The summed E-state index contributed by atoms with van der Waals surface area (Å²) in [6, 6.07) is 3.01. The highest BCUT2D eigenvalue weighted by Crippen LogP contribution is 2.45. The summed E-state index contributed by atoms with van der Waals surface area (Å²) in [6.45, 7) is 2.03. The van der Waals surface area contributed by atoms with Gasteiger partial charge < -0.3 is 10.5 Å². The number of rotatable bonds is 4. The lowest BCUT2D eigenvalue weighted by Crippen LogP contribution is -2.49. The minimum atomic E-state index is -3.36. The standard InChI is InChI=1S/C22H26F2N4O3S/c23-13-1-4-19(24)16(6-13)22-20(25)7-14(11-31-22)27-9-12-5-21-17(18(12)10-27)8-26-28(21)32(29,30)15-2-3-15/h1,4,6,8,12,14-15,18,20,22H,2-3,5,7,9-11,25H2/t12?,14-,18?,20+,22-/m1/s1. The van der Waals surface area contributed by atoms with E-state index in [-0.39, 0.29) is 22.8 Å². The maximum atomic E-state index is 14.2. The van der Waals surface area contributed by atoms with E-state index in [0.717, 1.165) is 55.4 Å². The van der Waals surface area contributed by atoms with Gasteiger partial charge >= 0.3 is 0 Å². The van der Waals surface area contributed by atoms with Gasteiger partial charge in [-0.15, -0.1) is 0 Å². The molecular formula is C22H26F2N4O3S. The van der Waals surface area contributed by atoms with Gasteiger partial charge in [0.2, 0.25) is 0 Å². The molecule has 7 nitrogen and oxygen atoms in total. The van der Waals surface area contributed by atoms with Crippen LogP contribution in [0.3, 0.4) is 0 Å². The van der Waals surface area contributed by atoms with Crippen LogP contribution in [-0.4, -0.2) is 59.5 Å². The summed E-state index contributed by atoms with van der Waals surface area (Å²) in [4.78, 5) is 2.35. The molecule has 4 aliphatic rings. The largest absolute Gasteiger partial charge is 0.370 e. The number of likely N-dealkylation sites (tertiary alicyclic amines) is 1. The van der Waals surface area contributed by atoms with Gasteiger partial charge in [-0.25, -0.2) is 17.2 Å². The van der Waals surface area contributed by atoms with Gasteiger partial charge in [0.15, 0.2) is 0 Å². The molecule has 2 N–H and O–H groups in total. The second-order valence-electron chi connectivity index (χ2n) is 9.63. The average Bonchev–Trinajstić information content (AvgIpc) is 3.30. The Balaban J connectivity index is 1.15. The molecule has 2 aliphatic heterocycles. The first-order chi connectivity index (χ1) is 15.3. The molecule has 2 aliphatic carbocycles. The Morgan fingerprint density at radius 3 is 2.72 bits per heavy atom. The summed E-state index contributed by atoms with van der Waals surface area (Å²) in [7, 11) is -3.36. The van der Waals surface area contributed by atoms with Crippen molar-refractivity contribution in [3.05, 3.63) is 52.9 Å². The van der Waals surface area contributed by atoms with Crippen molar-refractivity contribution in [2.24, 2.45) is 11.7 Å². The van der Waals surface area contributed by atoms with Gasteiger partial charge in [0.1, 0.15) is 17.7 Å². The predicted octanol–water partition coefficient (Wildman–Crippen LogP) is 1.93. The lowest BCUT2D eigenvalue weighted by atomic mass is 9.93. The summed E-state index contributed by atoms with van der Waals surface area (Å²) >= 11 is 0. The van der Waals surface area contributed by atoms with Crippen molar-refractivity contribution in [2.45, 2.75) is 55.0 Å². The molecule has 172 valence electrons. The molecule has 10 heteroatoms. The topological polar surface area (TPSA) is 90.5 Å². The van der Waals surface area contributed by atoms with Gasteiger partial charge in [0, 0.05) is 36.7 Å². The van der Waals surface area contributed by atoms with Crippen LogP contribution >= 0.6 is 0 Å². The average molecular weight is 465 g/mol. The quantitative estimate of drug-likeness (QED) is 0.744. The van der Waals surface area contributed by atoms with Gasteiger partial charge in [0.05, 0.1) is 23.7 Å². The van der Waals surface area contributed by atoms with Crippen LogP contribution in [0.2, 0.25) is 0 Å². The summed E-state index contributed by atoms with van der Waals surface area (Å²) in [6.07, 6.45) is 3.85. The van der Waals surface area contributed by atoms with E-state index in [2.05, 4.69) is 10.00 Å². The fourth-order valence-corrected chi connectivity index (χ4v) is 7.44. The van der Waals surface area contributed by atoms with Gasteiger partial charge in [0.25, 0.3) is 10.0 Å². The van der Waals surface area contributed by atoms with E-state index in [1.807, 2.05) is 0 Å². The molecule has 5 atom stereocenters. The van der Waals surface area contributed by atoms with Crippen LogP contribution in [0.25, 0.3) is 0 Å². The number of fused-ring (bicyclic) bond motifs is 3. The van der Waals surface area contributed by atoms with Crippen LogP contribution in [0.15, 0.2) is 24.4 Å². The van der Waals surface area contributed by atoms with E-state index in [9.17, 15) is 17.2 Å². The lowest BCUT2D eigenvalue weighted by molar-refractivity contribution is -0.0479. The van der Waals surface area contributed by atoms with E-state index in [1.54, 1.807) is 6.20 Å². The Kier molecular flexibility index (Phi) is 4.73. The third-order valence-electron chi connectivity index (χ3n) is 7.56. The number of hydrogen-bond acceptors (Lipinski definition) is 6. The number of ether oxygens (including phenoxy) is 1. The van der Waals surface area contributed by atoms with E-state index in [4.69, 9.17) is 10.5 Å². The second kappa shape index (κ2) is 7.31. The maximum Gasteiger partial charge on any atom is 0.256 e. The van der Waals surface area contributed by atoms with Crippen molar-refractivity contribution >= 4 is 10.0 Å². The molecule has 2 saturated heterocycles. The van der Waals surface area contributed by atoms with Crippen LogP contribution < -0.4 is 5.73 Å². The van der Waals surface area contributed by atoms with Crippen molar-refractivity contribution in [1.29, 1.82) is 0 Å². The van der Waals surface area contributed by atoms with Gasteiger partial charge in [-0.05, 0) is 55.4 Å². The normalized spacial score (nSPS) is 32.8. The molecule has 1 aromatic carbocycles. The Bertz CT molecular complexity index is 1170. The molecule has 2 unspecified atom stereocenters. The Morgan fingerprint density at radius 1 is 1.16 bits per heavy atom. The van der Waals surface area contributed by atoms with Crippen molar-refractivity contribution in [3.8, 4) is 0 Å². The number of hydrogen-bond donors (Lipinski definition) is 1. The Morgan fingerprint density at radius 2 is 1.97 bits per heavy atom. The fraction of sp³-hybridized carbons (Fsp3) is 0.591. The highest BCUT2D eigenvalue weighted by Gasteiger charge is 2.48. The molecule has 0 spiro atoms. The monoisotopic (exact) mass is 464 g/mol. The van der Waals surface area contributed by atoms with Crippen LogP contribution in [-0.2, 0) is 21.2 Å². The summed E-state index contributed by atoms with van der Waals surface area (Å²) in [5.74, 6) is -0.417. The van der Waals surface area contributed by atoms with Crippen molar-refractivity contribution in [1.82, 2.24) is 14.1 Å². The van der Waals surface area contributed by atoms with Crippen molar-refractivity contribution < 1.29 is 21.9 Å². The van der Waals surface area contributed by atoms with Crippen LogP contribution in [0.1, 0.15) is 48.1 Å². The number of nitrogens with two attached hydrogens (primary N) is 1. The van der Waals surface area contributed by atoms with E-state index in [1.165, 1.54) is 4.09 Å². The molecule has 1 saturated carbocycles. The fourth-order valence-electron chi connectivity index (χ4n) is 5.76. The molecule has 0 amide bonds. The van der Waals surface area contributed by atoms with E-state index >= 15 is 0 Å². The SMILES string of the molecule is N[C@H]1C[C@@H](N2CC3Cc4c(cnn4S(=O)(=O)C4CC4)C3C2)CO[C@@H]1c1cc(F)ccc1F. The Hall–Kier alpha value is -1.88. The smallest absolute Gasteiger partial charge is 0.256 e. The molecule has 0 radical (unpaired) electrons. The van der Waals surface area contributed by atoms with E-state index in [0.29, 0.717) is 25.4 Å². The van der Waals surface area contributed by atoms with Crippen molar-refractivity contribution in [2.75, 3.05) is 19.7 Å². The van der Waals surface area contributed by atoms with Gasteiger partial charge in [-0.3, -0.25) is 4.90 Å². The highest BCUT2D eigenvalue weighted by atomic mass is 32.2. The molecule has 0 bridgehead atoms. The molecule has 1 aromatic heterocycles. The highest BCUT2D eigenvalue weighted by molar-refractivity contribution is 7.90. The predicted molar refractivity (Wildman–Crippen MR) is 113 cm³/mol. The zero-order chi connectivity index (χ0) is 22.2.